The fourth-order valence-electron chi connectivity index (χ4n) is 3.23. The molecule has 0 saturated carbocycles. The van der Waals surface area contributed by atoms with E-state index < -0.39 is 17.0 Å². The number of imide groups is 1. The van der Waals surface area contributed by atoms with Gasteiger partial charge in [0, 0.05) is 24.2 Å². The van der Waals surface area contributed by atoms with E-state index in [-0.39, 0.29) is 29.5 Å². The van der Waals surface area contributed by atoms with E-state index >= 15 is 0 Å². The van der Waals surface area contributed by atoms with Gasteiger partial charge in [-0.25, -0.2) is 4.39 Å². The molecule has 7 heteroatoms. The minimum Gasteiger partial charge on any atom is -0.350 e. The van der Waals surface area contributed by atoms with Gasteiger partial charge < -0.3 is 5.32 Å². The smallest absolute Gasteiger partial charge is 0.293 e. The lowest BCUT2D eigenvalue weighted by atomic mass is 10.0. The van der Waals surface area contributed by atoms with Gasteiger partial charge in [0.1, 0.15) is 5.82 Å². The summed E-state index contributed by atoms with van der Waals surface area (Å²) in [4.78, 5) is 38.5. The predicted octanol–water partition coefficient (Wildman–Crippen LogP) is 4.45. The van der Waals surface area contributed by atoms with Gasteiger partial charge in [-0.1, -0.05) is 54.6 Å². The maximum atomic E-state index is 13.8. The molecule has 0 unspecified atom stereocenters. The van der Waals surface area contributed by atoms with E-state index in [1.807, 2.05) is 30.3 Å². The van der Waals surface area contributed by atoms with Crippen molar-refractivity contribution in [3.63, 3.8) is 0 Å². The van der Waals surface area contributed by atoms with E-state index in [1.165, 1.54) is 18.2 Å². The van der Waals surface area contributed by atoms with Crippen LogP contribution >= 0.6 is 11.8 Å². The third kappa shape index (κ3) is 3.97. The molecule has 0 atom stereocenters. The first-order valence-corrected chi connectivity index (χ1v) is 10.1. The van der Waals surface area contributed by atoms with Gasteiger partial charge in [-0.05, 0) is 40.7 Å². The van der Waals surface area contributed by atoms with E-state index in [1.54, 1.807) is 24.3 Å². The van der Waals surface area contributed by atoms with Gasteiger partial charge >= 0.3 is 0 Å². The molecule has 1 aliphatic heterocycles. The topological polar surface area (TPSA) is 66.5 Å². The second-order valence-corrected chi connectivity index (χ2v) is 7.63. The van der Waals surface area contributed by atoms with Crippen molar-refractivity contribution >= 4 is 45.7 Å². The standard InChI is InChI=1S/C23H17FN2O3S/c24-19-11-4-2-7-16(19)14-20-22(28)26(23(29)30-20)13-12-25-21(27)18-10-5-8-15-6-1-3-9-17(15)18/h1-11,14H,12-13H2,(H,25,27). The summed E-state index contributed by atoms with van der Waals surface area (Å²) in [6.07, 6.45) is 1.37. The number of nitrogens with zero attached hydrogens (tertiary/aromatic N) is 1. The monoisotopic (exact) mass is 420 g/mol. The molecule has 0 spiro atoms. The average Bonchev–Trinajstić information content (AvgIpc) is 3.02. The zero-order chi connectivity index (χ0) is 21.1. The van der Waals surface area contributed by atoms with Crippen LogP contribution in [0.15, 0.2) is 71.6 Å². The minimum atomic E-state index is -0.493. The second-order valence-electron chi connectivity index (χ2n) is 6.64. The molecule has 0 aliphatic carbocycles. The van der Waals surface area contributed by atoms with Crippen LogP contribution in [0.2, 0.25) is 0 Å². The Bertz CT molecular complexity index is 1190. The lowest BCUT2D eigenvalue weighted by Gasteiger charge is -2.13. The number of rotatable bonds is 5. The Morgan fingerprint density at radius 2 is 1.73 bits per heavy atom. The molecule has 1 aliphatic rings. The molecule has 0 radical (unpaired) electrons. The molecular weight excluding hydrogens is 403 g/mol. The molecule has 3 aromatic carbocycles. The Morgan fingerprint density at radius 1 is 1.00 bits per heavy atom. The molecule has 0 bridgehead atoms. The Morgan fingerprint density at radius 3 is 2.57 bits per heavy atom. The molecule has 4 rings (SSSR count). The van der Waals surface area contributed by atoms with Crippen LogP contribution in [0.4, 0.5) is 9.18 Å². The zero-order valence-electron chi connectivity index (χ0n) is 15.8. The van der Waals surface area contributed by atoms with Crippen LogP contribution in [0.1, 0.15) is 15.9 Å². The normalized spacial score (nSPS) is 15.2. The van der Waals surface area contributed by atoms with Crippen LogP contribution in [-0.4, -0.2) is 35.0 Å². The number of carbonyl (C=O) groups is 3. The van der Waals surface area contributed by atoms with E-state index in [0.29, 0.717) is 5.56 Å². The van der Waals surface area contributed by atoms with E-state index in [0.717, 1.165) is 27.4 Å². The molecule has 1 heterocycles. The van der Waals surface area contributed by atoms with Crippen molar-refractivity contribution in [3.05, 3.63) is 88.6 Å². The Kier molecular flexibility index (Phi) is 5.63. The molecule has 0 aromatic heterocycles. The van der Waals surface area contributed by atoms with Gasteiger partial charge in [-0.15, -0.1) is 0 Å². The number of carbonyl (C=O) groups excluding carboxylic acids is 3. The number of nitrogens with one attached hydrogen (secondary N) is 1. The molecule has 1 saturated heterocycles. The lowest BCUT2D eigenvalue weighted by Crippen LogP contribution is -2.37. The van der Waals surface area contributed by atoms with Gasteiger partial charge in [-0.3, -0.25) is 19.3 Å². The Hall–Kier alpha value is -3.45. The number of amides is 3. The van der Waals surface area contributed by atoms with Crippen LogP contribution in [0.5, 0.6) is 0 Å². The Labute approximate surface area is 176 Å². The van der Waals surface area contributed by atoms with Gasteiger partial charge in [0.05, 0.1) is 4.91 Å². The summed E-state index contributed by atoms with van der Waals surface area (Å²) >= 11 is 0.762. The highest BCUT2D eigenvalue weighted by molar-refractivity contribution is 8.18. The first-order valence-electron chi connectivity index (χ1n) is 9.30. The lowest BCUT2D eigenvalue weighted by molar-refractivity contribution is -0.122. The van der Waals surface area contributed by atoms with Crippen LogP contribution in [0.25, 0.3) is 16.8 Å². The highest BCUT2D eigenvalue weighted by Crippen LogP contribution is 2.32. The summed E-state index contributed by atoms with van der Waals surface area (Å²) in [6, 6.07) is 19.1. The molecule has 5 nitrogen and oxygen atoms in total. The summed E-state index contributed by atoms with van der Waals surface area (Å²) in [5, 5.41) is 4.10. The third-order valence-corrected chi connectivity index (χ3v) is 5.63. The number of thioether (sulfide) groups is 1. The number of hydrogen-bond acceptors (Lipinski definition) is 4. The molecule has 1 N–H and O–H groups in total. The molecule has 3 aromatic rings. The van der Waals surface area contributed by atoms with Gasteiger partial charge in [0.25, 0.3) is 17.1 Å². The van der Waals surface area contributed by atoms with E-state index in [4.69, 9.17) is 0 Å². The number of fused-ring (bicyclic) bond motifs is 1. The van der Waals surface area contributed by atoms with E-state index in [9.17, 15) is 18.8 Å². The van der Waals surface area contributed by atoms with Crippen molar-refractivity contribution in [1.82, 2.24) is 10.2 Å². The van der Waals surface area contributed by atoms with Crippen molar-refractivity contribution in [2.75, 3.05) is 13.1 Å². The molecule has 150 valence electrons. The zero-order valence-corrected chi connectivity index (χ0v) is 16.6. The van der Waals surface area contributed by atoms with Crippen LogP contribution in [-0.2, 0) is 4.79 Å². The largest absolute Gasteiger partial charge is 0.350 e. The van der Waals surface area contributed by atoms with Crippen molar-refractivity contribution in [1.29, 1.82) is 0 Å². The SMILES string of the molecule is O=C(NCCN1C(=O)SC(=Cc2ccccc2F)C1=O)c1cccc2ccccc12. The summed E-state index contributed by atoms with van der Waals surface area (Å²) in [7, 11) is 0. The van der Waals surface area contributed by atoms with Crippen LogP contribution < -0.4 is 5.32 Å². The second kappa shape index (κ2) is 8.51. The van der Waals surface area contributed by atoms with Crippen molar-refractivity contribution < 1.29 is 18.8 Å². The fourth-order valence-corrected chi connectivity index (χ4v) is 4.08. The quantitative estimate of drug-likeness (QED) is 0.620. The predicted molar refractivity (Wildman–Crippen MR) is 115 cm³/mol. The number of halogens is 1. The number of benzene rings is 3. The third-order valence-electron chi connectivity index (χ3n) is 4.72. The van der Waals surface area contributed by atoms with Crippen molar-refractivity contribution in [2.45, 2.75) is 0 Å². The fraction of sp³-hybridized carbons (Fsp3) is 0.0870. The maximum absolute atomic E-state index is 13.8. The minimum absolute atomic E-state index is 0.0375. The van der Waals surface area contributed by atoms with Crippen LogP contribution in [0, 0.1) is 5.82 Å². The molecule has 1 fully saturated rings. The summed E-state index contributed by atoms with van der Waals surface area (Å²) < 4.78 is 13.8. The highest BCUT2D eigenvalue weighted by atomic mass is 32.2. The highest BCUT2D eigenvalue weighted by Gasteiger charge is 2.34. The Balaban J connectivity index is 1.41. The molecule has 30 heavy (non-hydrogen) atoms. The first-order chi connectivity index (χ1) is 14.5. The van der Waals surface area contributed by atoms with Crippen molar-refractivity contribution in [3.8, 4) is 0 Å². The number of hydrogen-bond donors (Lipinski definition) is 1. The summed E-state index contributed by atoms with van der Waals surface area (Å²) in [6.45, 7) is 0.156. The van der Waals surface area contributed by atoms with Crippen molar-refractivity contribution in [2.24, 2.45) is 0 Å². The summed E-state index contributed by atoms with van der Waals surface area (Å²) in [5.41, 5.74) is 0.772. The molecule has 3 amide bonds. The molecular formula is C23H17FN2O3S. The average molecular weight is 420 g/mol. The first kappa shape index (κ1) is 19.8. The van der Waals surface area contributed by atoms with Gasteiger partial charge in [0.2, 0.25) is 0 Å². The van der Waals surface area contributed by atoms with Gasteiger partial charge in [-0.2, -0.15) is 0 Å². The summed E-state index contributed by atoms with van der Waals surface area (Å²) in [5.74, 6) is -1.24. The van der Waals surface area contributed by atoms with Crippen LogP contribution in [0.3, 0.4) is 0 Å². The van der Waals surface area contributed by atoms with Gasteiger partial charge in [0.15, 0.2) is 0 Å². The van der Waals surface area contributed by atoms with E-state index in [2.05, 4.69) is 5.32 Å². The maximum Gasteiger partial charge on any atom is 0.293 e.